The molecule has 0 radical (unpaired) electrons. The normalized spacial score (nSPS) is 11.5. The van der Waals surface area contributed by atoms with Crippen molar-refractivity contribution in [1.29, 1.82) is 0 Å². The second-order valence-corrected chi connectivity index (χ2v) is 9.66. The second kappa shape index (κ2) is 13.9. The van der Waals surface area contributed by atoms with Crippen LogP contribution in [-0.2, 0) is 4.74 Å². The molecule has 2 aromatic rings. The molecule has 0 aliphatic heterocycles. The number of hydrogen-bond donors (Lipinski definition) is 1. The number of para-hydroxylation sites is 1. The third-order valence-electron chi connectivity index (χ3n) is 5.16. The van der Waals surface area contributed by atoms with Crippen LogP contribution in [0, 0.1) is 6.92 Å². The molecule has 0 bridgehead atoms. The summed E-state index contributed by atoms with van der Waals surface area (Å²) in [5, 5.41) is 2.49. The molecule has 11 heteroatoms. The second-order valence-electron chi connectivity index (χ2n) is 9.66. The standard InChI is InChI=1S/C28H34F3NO7/c1-6-7-16-36-22-17-20(21(33)14-11-15-32-26(35)39-27(3,4)5)24(38-28(29,30)31)18(2)23(22)25(34)37-19-12-9-8-10-13-19/h8-10,12-13,17H,6-7,11,14-16H2,1-5H3,(H,32,35). The van der Waals surface area contributed by atoms with Gasteiger partial charge in [-0.05, 0) is 58.7 Å². The minimum atomic E-state index is -5.14. The molecule has 0 saturated carbocycles. The average Bonchev–Trinajstić information content (AvgIpc) is 2.82. The number of nitrogens with one attached hydrogen (secondary N) is 1. The van der Waals surface area contributed by atoms with E-state index in [9.17, 15) is 27.6 Å². The number of ether oxygens (including phenoxy) is 4. The van der Waals surface area contributed by atoms with Gasteiger partial charge in [-0.2, -0.15) is 0 Å². The van der Waals surface area contributed by atoms with Crippen LogP contribution in [0.15, 0.2) is 36.4 Å². The van der Waals surface area contributed by atoms with Crippen LogP contribution in [0.25, 0.3) is 0 Å². The Labute approximate surface area is 225 Å². The monoisotopic (exact) mass is 553 g/mol. The number of carbonyl (C=O) groups is 3. The van der Waals surface area contributed by atoms with Gasteiger partial charge in [0.15, 0.2) is 5.78 Å². The van der Waals surface area contributed by atoms with E-state index in [-0.39, 0.29) is 48.6 Å². The van der Waals surface area contributed by atoms with Gasteiger partial charge >= 0.3 is 18.4 Å². The number of esters is 1. The molecule has 0 aromatic heterocycles. The Bertz CT molecular complexity index is 1140. The van der Waals surface area contributed by atoms with Crippen molar-refractivity contribution in [3.05, 3.63) is 53.1 Å². The van der Waals surface area contributed by atoms with Crippen LogP contribution in [0.4, 0.5) is 18.0 Å². The van der Waals surface area contributed by atoms with Gasteiger partial charge in [-0.1, -0.05) is 31.5 Å². The molecule has 8 nitrogen and oxygen atoms in total. The Balaban J connectivity index is 2.39. The molecule has 0 unspecified atom stereocenters. The Hall–Kier alpha value is -3.76. The van der Waals surface area contributed by atoms with Gasteiger partial charge in [-0.25, -0.2) is 9.59 Å². The van der Waals surface area contributed by atoms with Gasteiger partial charge in [-0.15, -0.1) is 13.2 Å². The highest BCUT2D eigenvalue weighted by Crippen LogP contribution is 2.38. The van der Waals surface area contributed by atoms with Crippen LogP contribution in [0.5, 0.6) is 17.2 Å². The van der Waals surface area contributed by atoms with Gasteiger partial charge in [0.1, 0.15) is 28.4 Å². The summed E-state index contributed by atoms with van der Waals surface area (Å²) in [5.41, 5.74) is -1.64. The maximum atomic E-state index is 13.4. The number of unbranched alkanes of at least 4 members (excludes halogenated alkanes) is 1. The molecule has 0 aliphatic carbocycles. The van der Waals surface area contributed by atoms with Gasteiger partial charge < -0.3 is 24.3 Å². The quantitative estimate of drug-likeness (QED) is 0.134. The summed E-state index contributed by atoms with van der Waals surface area (Å²) in [6.45, 7) is 8.45. The zero-order valence-electron chi connectivity index (χ0n) is 22.7. The van der Waals surface area contributed by atoms with Gasteiger partial charge in [0.05, 0.1) is 12.2 Å². The van der Waals surface area contributed by atoms with E-state index in [1.807, 2.05) is 6.92 Å². The van der Waals surface area contributed by atoms with Crippen LogP contribution < -0.4 is 19.5 Å². The van der Waals surface area contributed by atoms with Crippen molar-refractivity contribution in [1.82, 2.24) is 5.32 Å². The largest absolute Gasteiger partial charge is 0.573 e. The van der Waals surface area contributed by atoms with Gasteiger partial charge in [0.25, 0.3) is 0 Å². The van der Waals surface area contributed by atoms with Crippen molar-refractivity contribution in [3.8, 4) is 17.2 Å². The smallest absolute Gasteiger partial charge is 0.493 e. The zero-order chi connectivity index (χ0) is 29.2. The number of Topliss-reactive ketones (excluding diaryl/α,β-unsaturated/α-hetero) is 1. The fourth-order valence-electron chi connectivity index (χ4n) is 3.45. The van der Waals surface area contributed by atoms with E-state index in [1.165, 1.54) is 19.1 Å². The van der Waals surface area contributed by atoms with Crippen LogP contribution in [-0.4, -0.2) is 43.0 Å². The fourth-order valence-corrected chi connectivity index (χ4v) is 3.45. The predicted molar refractivity (Wildman–Crippen MR) is 137 cm³/mol. The van der Waals surface area contributed by atoms with Crippen molar-refractivity contribution in [2.45, 2.75) is 72.3 Å². The highest BCUT2D eigenvalue weighted by atomic mass is 19.4. The number of halogens is 3. The molecule has 214 valence electrons. The van der Waals surface area contributed by atoms with E-state index in [0.717, 1.165) is 12.5 Å². The first-order valence-electron chi connectivity index (χ1n) is 12.5. The molecule has 0 fully saturated rings. The molecule has 0 heterocycles. The molecular weight excluding hydrogens is 519 g/mol. The number of alkyl carbamates (subject to hydrolysis) is 1. The number of amides is 1. The SMILES string of the molecule is CCCCOc1cc(C(=O)CCCNC(=O)OC(C)(C)C)c(OC(F)(F)F)c(C)c1C(=O)Oc1ccccc1. The van der Waals surface area contributed by atoms with Gasteiger partial charge in [0.2, 0.25) is 0 Å². The molecule has 0 saturated heterocycles. The van der Waals surface area contributed by atoms with Crippen molar-refractivity contribution >= 4 is 17.8 Å². The summed E-state index contributed by atoms with van der Waals surface area (Å²) in [5.74, 6) is -2.37. The number of carbonyl (C=O) groups excluding carboxylic acids is 3. The highest BCUT2D eigenvalue weighted by Gasteiger charge is 2.36. The van der Waals surface area contributed by atoms with E-state index in [2.05, 4.69) is 10.1 Å². The van der Waals surface area contributed by atoms with Crippen molar-refractivity contribution in [2.24, 2.45) is 0 Å². The van der Waals surface area contributed by atoms with Crippen molar-refractivity contribution < 1.29 is 46.5 Å². The van der Waals surface area contributed by atoms with E-state index >= 15 is 0 Å². The maximum Gasteiger partial charge on any atom is 0.573 e. The molecule has 0 atom stereocenters. The van der Waals surface area contributed by atoms with E-state index in [0.29, 0.717) is 6.42 Å². The van der Waals surface area contributed by atoms with Crippen LogP contribution in [0.1, 0.15) is 79.7 Å². The molecule has 0 spiro atoms. The topological polar surface area (TPSA) is 100 Å². The lowest BCUT2D eigenvalue weighted by molar-refractivity contribution is -0.275. The Kier molecular flexibility index (Phi) is 11.2. The highest BCUT2D eigenvalue weighted by molar-refractivity contribution is 6.03. The predicted octanol–water partition coefficient (Wildman–Crippen LogP) is 6.78. The molecule has 1 amide bonds. The first-order chi connectivity index (χ1) is 18.2. The molecule has 2 aromatic carbocycles. The number of hydrogen-bond acceptors (Lipinski definition) is 7. The van der Waals surface area contributed by atoms with E-state index in [4.69, 9.17) is 14.2 Å². The van der Waals surface area contributed by atoms with Gasteiger partial charge in [-0.3, -0.25) is 4.79 Å². The summed E-state index contributed by atoms with van der Waals surface area (Å²) >= 11 is 0. The summed E-state index contributed by atoms with van der Waals surface area (Å²) in [4.78, 5) is 38.0. The van der Waals surface area contributed by atoms with E-state index in [1.54, 1.807) is 39.0 Å². The molecular formula is C28H34F3NO7. The van der Waals surface area contributed by atoms with Crippen molar-refractivity contribution in [3.63, 3.8) is 0 Å². The third-order valence-corrected chi connectivity index (χ3v) is 5.16. The fraction of sp³-hybridized carbons (Fsp3) is 0.464. The number of benzene rings is 2. The molecule has 2 rings (SSSR count). The van der Waals surface area contributed by atoms with E-state index < -0.39 is 41.1 Å². The first-order valence-corrected chi connectivity index (χ1v) is 12.5. The first kappa shape index (κ1) is 31.5. The molecule has 39 heavy (non-hydrogen) atoms. The summed E-state index contributed by atoms with van der Waals surface area (Å²) in [7, 11) is 0. The Morgan fingerprint density at radius 3 is 2.26 bits per heavy atom. The Morgan fingerprint density at radius 2 is 1.67 bits per heavy atom. The summed E-state index contributed by atoms with van der Waals surface area (Å²) in [6, 6.07) is 9.08. The van der Waals surface area contributed by atoms with Gasteiger partial charge in [0, 0.05) is 18.5 Å². The minimum Gasteiger partial charge on any atom is -0.493 e. The Morgan fingerprint density at radius 1 is 1.00 bits per heavy atom. The zero-order valence-corrected chi connectivity index (χ0v) is 22.7. The summed E-state index contributed by atoms with van der Waals surface area (Å²) < 4.78 is 60.6. The number of rotatable bonds is 12. The average molecular weight is 554 g/mol. The molecule has 1 N–H and O–H groups in total. The van der Waals surface area contributed by atoms with Crippen molar-refractivity contribution in [2.75, 3.05) is 13.2 Å². The third kappa shape index (κ3) is 10.5. The minimum absolute atomic E-state index is 0.0520. The summed E-state index contributed by atoms with van der Waals surface area (Å²) in [6.07, 6.45) is -4.55. The number of ketones is 1. The maximum absolute atomic E-state index is 13.4. The van der Waals surface area contributed by atoms with Crippen LogP contribution in [0.2, 0.25) is 0 Å². The van der Waals surface area contributed by atoms with Crippen LogP contribution >= 0.6 is 0 Å². The molecule has 0 aliphatic rings. The van der Waals surface area contributed by atoms with Crippen LogP contribution in [0.3, 0.4) is 0 Å². The number of alkyl halides is 3. The lowest BCUT2D eigenvalue weighted by Crippen LogP contribution is -2.33. The lowest BCUT2D eigenvalue weighted by Gasteiger charge is -2.21. The lowest BCUT2D eigenvalue weighted by atomic mass is 9.97.